The fourth-order valence-corrected chi connectivity index (χ4v) is 2.34. The molecule has 0 amide bonds. The molecular weight excluding hydrogens is 234 g/mol. The number of benzene rings is 1. The van der Waals surface area contributed by atoms with Crippen molar-refractivity contribution < 1.29 is 10.2 Å². The standard InChI is InChI=1S/C13H15NO2S/c1-9(14-7-10-4-5-17-8-10)12-3-2-11(15)6-13(12)16/h2-6,8-9,14-16H,7H2,1H3. The molecule has 0 saturated heterocycles. The fraction of sp³-hybridized carbons (Fsp3) is 0.231. The average Bonchev–Trinajstić information content (AvgIpc) is 2.78. The molecule has 0 fully saturated rings. The Labute approximate surface area is 104 Å². The first kappa shape index (κ1) is 12.0. The fourth-order valence-electron chi connectivity index (χ4n) is 1.67. The van der Waals surface area contributed by atoms with Crippen molar-refractivity contribution >= 4 is 11.3 Å². The van der Waals surface area contributed by atoms with E-state index in [2.05, 4.69) is 16.8 Å². The molecule has 90 valence electrons. The van der Waals surface area contributed by atoms with Gasteiger partial charge in [0.05, 0.1) is 0 Å². The molecular formula is C13H15NO2S. The highest BCUT2D eigenvalue weighted by Gasteiger charge is 2.10. The van der Waals surface area contributed by atoms with Crippen molar-refractivity contribution in [2.75, 3.05) is 0 Å². The van der Waals surface area contributed by atoms with E-state index in [4.69, 9.17) is 0 Å². The lowest BCUT2D eigenvalue weighted by atomic mass is 10.1. The number of hydrogen-bond acceptors (Lipinski definition) is 4. The number of phenols is 2. The second-order valence-corrected chi connectivity index (χ2v) is 4.76. The SMILES string of the molecule is CC(NCc1ccsc1)c1ccc(O)cc1O. The van der Waals surface area contributed by atoms with Crippen LogP contribution in [0.3, 0.4) is 0 Å². The van der Waals surface area contributed by atoms with Gasteiger partial charge in [0.2, 0.25) is 0 Å². The summed E-state index contributed by atoms with van der Waals surface area (Å²) in [5.74, 6) is 0.201. The van der Waals surface area contributed by atoms with E-state index in [0.29, 0.717) is 0 Å². The maximum Gasteiger partial charge on any atom is 0.124 e. The van der Waals surface area contributed by atoms with E-state index in [0.717, 1.165) is 12.1 Å². The number of rotatable bonds is 4. The minimum Gasteiger partial charge on any atom is -0.508 e. The van der Waals surface area contributed by atoms with Crippen molar-refractivity contribution in [2.24, 2.45) is 0 Å². The van der Waals surface area contributed by atoms with Gasteiger partial charge in [0.1, 0.15) is 11.5 Å². The van der Waals surface area contributed by atoms with Crippen LogP contribution in [-0.4, -0.2) is 10.2 Å². The third kappa shape index (κ3) is 2.99. The molecule has 1 atom stereocenters. The Hall–Kier alpha value is -1.52. The molecule has 1 aromatic heterocycles. The second-order valence-electron chi connectivity index (χ2n) is 3.98. The van der Waals surface area contributed by atoms with Gasteiger partial charge >= 0.3 is 0 Å². The number of nitrogens with one attached hydrogen (secondary N) is 1. The van der Waals surface area contributed by atoms with Gasteiger partial charge in [0, 0.05) is 24.2 Å². The number of phenolic OH excluding ortho intramolecular Hbond substituents is 2. The molecule has 1 heterocycles. The van der Waals surface area contributed by atoms with Gasteiger partial charge in [0.25, 0.3) is 0 Å². The molecule has 3 nitrogen and oxygen atoms in total. The highest BCUT2D eigenvalue weighted by molar-refractivity contribution is 7.07. The van der Waals surface area contributed by atoms with Crippen LogP contribution in [0.4, 0.5) is 0 Å². The maximum atomic E-state index is 9.72. The Morgan fingerprint density at radius 2 is 2.12 bits per heavy atom. The van der Waals surface area contributed by atoms with Crippen molar-refractivity contribution in [2.45, 2.75) is 19.5 Å². The molecule has 4 heteroatoms. The zero-order valence-electron chi connectivity index (χ0n) is 9.55. The topological polar surface area (TPSA) is 52.5 Å². The molecule has 0 bridgehead atoms. The van der Waals surface area contributed by atoms with E-state index in [9.17, 15) is 10.2 Å². The molecule has 3 N–H and O–H groups in total. The van der Waals surface area contributed by atoms with Gasteiger partial charge in [-0.15, -0.1) is 0 Å². The molecule has 0 aliphatic heterocycles. The highest BCUT2D eigenvalue weighted by atomic mass is 32.1. The minimum atomic E-state index is 0.0375. The van der Waals surface area contributed by atoms with Crippen molar-refractivity contribution in [3.63, 3.8) is 0 Å². The van der Waals surface area contributed by atoms with E-state index in [1.807, 2.05) is 12.3 Å². The quantitative estimate of drug-likeness (QED) is 0.780. The van der Waals surface area contributed by atoms with E-state index < -0.39 is 0 Å². The third-order valence-electron chi connectivity index (χ3n) is 2.67. The first-order valence-corrected chi connectivity index (χ1v) is 6.37. The van der Waals surface area contributed by atoms with Crippen LogP contribution < -0.4 is 5.32 Å². The summed E-state index contributed by atoms with van der Waals surface area (Å²) >= 11 is 1.67. The van der Waals surface area contributed by atoms with E-state index in [1.54, 1.807) is 23.5 Å². The first-order chi connectivity index (χ1) is 8.16. The largest absolute Gasteiger partial charge is 0.508 e. The van der Waals surface area contributed by atoms with Crippen molar-refractivity contribution in [1.82, 2.24) is 5.32 Å². The lowest BCUT2D eigenvalue weighted by Crippen LogP contribution is -2.17. The summed E-state index contributed by atoms with van der Waals surface area (Å²) in [6.45, 7) is 2.75. The lowest BCUT2D eigenvalue weighted by Gasteiger charge is -2.15. The van der Waals surface area contributed by atoms with Crippen LogP contribution in [0, 0.1) is 0 Å². The van der Waals surface area contributed by atoms with E-state index in [1.165, 1.54) is 11.6 Å². The molecule has 0 radical (unpaired) electrons. The number of thiophene rings is 1. The van der Waals surface area contributed by atoms with E-state index in [-0.39, 0.29) is 17.5 Å². The molecule has 2 aromatic rings. The molecule has 1 aromatic carbocycles. The summed E-state index contributed by atoms with van der Waals surface area (Å²) in [6, 6.07) is 6.78. The average molecular weight is 249 g/mol. The van der Waals surface area contributed by atoms with Gasteiger partial charge in [-0.2, -0.15) is 11.3 Å². The van der Waals surface area contributed by atoms with Gasteiger partial charge in [0.15, 0.2) is 0 Å². The van der Waals surface area contributed by atoms with Crippen LogP contribution in [-0.2, 0) is 6.54 Å². The van der Waals surface area contributed by atoms with Gasteiger partial charge in [-0.05, 0) is 35.4 Å². The Balaban J connectivity index is 2.01. The second kappa shape index (κ2) is 5.21. The number of aromatic hydroxyl groups is 2. The van der Waals surface area contributed by atoms with Crippen molar-refractivity contribution in [1.29, 1.82) is 0 Å². The highest BCUT2D eigenvalue weighted by Crippen LogP contribution is 2.27. The zero-order chi connectivity index (χ0) is 12.3. The van der Waals surface area contributed by atoms with Crippen LogP contribution in [0.25, 0.3) is 0 Å². The molecule has 1 unspecified atom stereocenters. The summed E-state index contributed by atoms with van der Waals surface area (Å²) in [5, 5.41) is 26.4. The van der Waals surface area contributed by atoms with Gasteiger partial charge < -0.3 is 15.5 Å². The predicted octanol–water partition coefficient (Wildman–Crippen LogP) is 3.01. The summed E-state index contributed by atoms with van der Waals surface area (Å²) in [6.07, 6.45) is 0. The molecule has 0 aliphatic rings. The Morgan fingerprint density at radius 3 is 2.76 bits per heavy atom. The summed E-state index contributed by atoms with van der Waals surface area (Å²) in [4.78, 5) is 0. The Morgan fingerprint density at radius 1 is 1.29 bits per heavy atom. The summed E-state index contributed by atoms with van der Waals surface area (Å²) in [7, 11) is 0. The Bertz CT molecular complexity index is 482. The van der Waals surface area contributed by atoms with Gasteiger partial charge in [-0.3, -0.25) is 0 Å². The zero-order valence-corrected chi connectivity index (χ0v) is 10.4. The van der Waals surface area contributed by atoms with E-state index >= 15 is 0 Å². The predicted molar refractivity (Wildman–Crippen MR) is 69.3 cm³/mol. The molecule has 0 spiro atoms. The smallest absolute Gasteiger partial charge is 0.124 e. The Kier molecular flexibility index (Phi) is 3.66. The monoisotopic (exact) mass is 249 g/mol. The number of hydrogen-bond donors (Lipinski definition) is 3. The summed E-state index contributed by atoms with van der Waals surface area (Å²) in [5.41, 5.74) is 2.03. The minimum absolute atomic E-state index is 0.0375. The van der Waals surface area contributed by atoms with Crippen molar-refractivity contribution in [3.8, 4) is 11.5 Å². The molecule has 0 aliphatic carbocycles. The maximum absolute atomic E-state index is 9.72. The third-order valence-corrected chi connectivity index (χ3v) is 3.41. The lowest BCUT2D eigenvalue weighted by molar-refractivity contribution is 0.436. The summed E-state index contributed by atoms with van der Waals surface area (Å²) < 4.78 is 0. The normalized spacial score (nSPS) is 12.5. The van der Waals surface area contributed by atoms with Gasteiger partial charge in [-0.1, -0.05) is 6.07 Å². The van der Waals surface area contributed by atoms with Crippen LogP contribution in [0.1, 0.15) is 24.1 Å². The first-order valence-electron chi connectivity index (χ1n) is 5.43. The van der Waals surface area contributed by atoms with Crippen LogP contribution >= 0.6 is 11.3 Å². The van der Waals surface area contributed by atoms with Gasteiger partial charge in [-0.25, -0.2) is 0 Å². The molecule has 2 rings (SSSR count). The molecule has 17 heavy (non-hydrogen) atoms. The van der Waals surface area contributed by atoms with Crippen LogP contribution in [0.5, 0.6) is 11.5 Å². The molecule has 0 saturated carbocycles. The van der Waals surface area contributed by atoms with Crippen molar-refractivity contribution in [3.05, 3.63) is 46.2 Å². The van der Waals surface area contributed by atoms with Crippen LogP contribution in [0.2, 0.25) is 0 Å². The van der Waals surface area contributed by atoms with Crippen LogP contribution in [0.15, 0.2) is 35.0 Å².